The molecule has 0 spiro atoms. The Kier molecular flexibility index (Phi) is 3.70. The van der Waals surface area contributed by atoms with Gasteiger partial charge in [0.1, 0.15) is 5.75 Å². The molecule has 1 heterocycles. The third-order valence-electron chi connectivity index (χ3n) is 3.89. The van der Waals surface area contributed by atoms with E-state index in [-0.39, 0.29) is 5.92 Å². The highest BCUT2D eigenvalue weighted by Gasteiger charge is 2.30. The zero-order valence-corrected chi connectivity index (χ0v) is 11.6. The highest BCUT2D eigenvalue weighted by atomic mass is 16.5. The highest BCUT2D eigenvalue weighted by molar-refractivity contribution is 5.35. The second-order valence-electron chi connectivity index (χ2n) is 5.14. The first kappa shape index (κ1) is 13.1. The lowest BCUT2D eigenvalue weighted by atomic mass is 9.93. The Morgan fingerprint density at radius 2 is 2.25 bits per heavy atom. The summed E-state index contributed by atoms with van der Waals surface area (Å²) in [5.41, 5.74) is 3.21. The molecule has 0 fully saturated rings. The average molecular weight is 269 g/mol. The van der Waals surface area contributed by atoms with Crippen LogP contribution in [0.4, 0.5) is 0 Å². The quantitative estimate of drug-likeness (QED) is 0.926. The van der Waals surface area contributed by atoms with Gasteiger partial charge >= 0.3 is 0 Å². The van der Waals surface area contributed by atoms with Gasteiger partial charge in [0.25, 0.3) is 0 Å². The molecule has 0 amide bonds. The number of benzene rings is 1. The molecule has 20 heavy (non-hydrogen) atoms. The molecule has 1 aromatic heterocycles. The van der Waals surface area contributed by atoms with E-state index in [9.17, 15) is 5.11 Å². The van der Waals surface area contributed by atoms with Gasteiger partial charge < -0.3 is 9.84 Å². The third-order valence-corrected chi connectivity index (χ3v) is 3.89. The van der Waals surface area contributed by atoms with Crippen molar-refractivity contribution >= 4 is 0 Å². The Labute approximate surface area is 119 Å². The Bertz CT molecular complexity index is 597. The summed E-state index contributed by atoms with van der Waals surface area (Å²) in [6.45, 7) is 2.59. The number of ether oxygens (including phenoxy) is 1. The van der Waals surface area contributed by atoms with E-state index in [1.165, 1.54) is 5.56 Å². The fourth-order valence-electron chi connectivity index (χ4n) is 2.94. The molecule has 0 radical (unpaired) electrons. The number of rotatable bonds is 4. The van der Waals surface area contributed by atoms with E-state index in [2.05, 4.69) is 11.1 Å². The van der Waals surface area contributed by atoms with Crippen molar-refractivity contribution in [1.82, 2.24) is 4.98 Å². The monoisotopic (exact) mass is 269 g/mol. The number of nitrogens with zero attached hydrogens (tertiary/aromatic N) is 1. The van der Waals surface area contributed by atoms with Gasteiger partial charge in [0.15, 0.2) is 0 Å². The molecule has 1 N–H and O–H groups in total. The standard InChI is InChI=1S/C17H19NO2/c1-2-20-14-7-3-5-13(11-14)17(19)15-9-8-12-6-4-10-18-16(12)15/h3-7,10-11,15,17,19H,2,8-9H2,1H3. The summed E-state index contributed by atoms with van der Waals surface area (Å²) in [7, 11) is 0. The average Bonchev–Trinajstić information content (AvgIpc) is 2.91. The topological polar surface area (TPSA) is 42.4 Å². The fourth-order valence-corrected chi connectivity index (χ4v) is 2.94. The van der Waals surface area contributed by atoms with Crippen LogP contribution in [-0.2, 0) is 6.42 Å². The van der Waals surface area contributed by atoms with E-state index < -0.39 is 6.10 Å². The van der Waals surface area contributed by atoms with E-state index in [1.807, 2.05) is 37.3 Å². The van der Waals surface area contributed by atoms with Crippen LogP contribution in [0.5, 0.6) is 5.75 Å². The van der Waals surface area contributed by atoms with E-state index in [4.69, 9.17) is 4.74 Å². The second-order valence-corrected chi connectivity index (χ2v) is 5.14. The van der Waals surface area contributed by atoms with Crippen LogP contribution < -0.4 is 4.74 Å². The predicted molar refractivity (Wildman–Crippen MR) is 77.9 cm³/mol. The molecule has 1 aliphatic carbocycles. The van der Waals surface area contributed by atoms with Gasteiger partial charge in [-0.25, -0.2) is 0 Å². The highest BCUT2D eigenvalue weighted by Crippen LogP contribution is 2.40. The van der Waals surface area contributed by atoms with Gasteiger partial charge in [-0.2, -0.15) is 0 Å². The number of aliphatic hydroxyl groups is 1. The van der Waals surface area contributed by atoms with Crippen molar-refractivity contribution < 1.29 is 9.84 Å². The maximum Gasteiger partial charge on any atom is 0.119 e. The van der Waals surface area contributed by atoms with E-state index in [1.54, 1.807) is 6.20 Å². The Balaban J connectivity index is 1.86. The number of fused-ring (bicyclic) bond motifs is 1. The van der Waals surface area contributed by atoms with Gasteiger partial charge in [-0.05, 0) is 49.1 Å². The molecular weight excluding hydrogens is 250 g/mol. The molecule has 2 atom stereocenters. The third kappa shape index (κ3) is 2.41. The first-order chi connectivity index (χ1) is 9.79. The smallest absolute Gasteiger partial charge is 0.119 e. The van der Waals surface area contributed by atoms with Crippen LogP contribution in [0.2, 0.25) is 0 Å². The molecule has 3 nitrogen and oxygen atoms in total. The fraction of sp³-hybridized carbons (Fsp3) is 0.353. The van der Waals surface area contributed by atoms with Crippen LogP contribution in [-0.4, -0.2) is 16.7 Å². The molecule has 0 saturated heterocycles. The molecule has 3 heteroatoms. The summed E-state index contributed by atoms with van der Waals surface area (Å²) >= 11 is 0. The first-order valence-electron chi connectivity index (χ1n) is 7.14. The largest absolute Gasteiger partial charge is 0.494 e. The molecular formula is C17H19NO2. The molecule has 2 unspecified atom stereocenters. The molecule has 1 aliphatic rings. The van der Waals surface area contributed by atoms with Crippen LogP contribution in [0.1, 0.15) is 42.2 Å². The van der Waals surface area contributed by atoms with Crippen LogP contribution in [0, 0.1) is 0 Å². The van der Waals surface area contributed by atoms with Crippen molar-refractivity contribution in [2.45, 2.75) is 31.8 Å². The van der Waals surface area contributed by atoms with E-state index in [0.717, 1.165) is 29.8 Å². The predicted octanol–water partition coefficient (Wildman–Crippen LogP) is 3.24. The zero-order valence-electron chi connectivity index (χ0n) is 11.6. The van der Waals surface area contributed by atoms with Crippen LogP contribution in [0.15, 0.2) is 42.6 Å². The summed E-state index contributed by atoms with van der Waals surface area (Å²) < 4.78 is 5.50. The minimum absolute atomic E-state index is 0.0862. The van der Waals surface area contributed by atoms with Crippen molar-refractivity contribution in [1.29, 1.82) is 0 Å². The number of aliphatic hydroxyl groups excluding tert-OH is 1. The summed E-state index contributed by atoms with van der Waals surface area (Å²) in [6.07, 6.45) is 3.23. The molecule has 3 rings (SSSR count). The van der Waals surface area contributed by atoms with Crippen molar-refractivity contribution in [2.24, 2.45) is 0 Å². The number of aryl methyl sites for hydroxylation is 1. The first-order valence-corrected chi connectivity index (χ1v) is 7.14. The molecule has 104 valence electrons. The number of hydrogen-bond acceptors (Lipinski definition) is 3. The second kappa shape index (κ2) is 5.63. The van der Waals surface area contributed by atoms with Crippen LogP contribution in [0.25, 0.3) is 0 Å². The summed E-state index contributed by atoms with van der Waals surface area (Å²) in [6, 6.07) is 11.8. The number of hydrogen-bond donors (Lipinski definition) is 1. The van der Waals surface area contributed by atoms with Gasteiger partial charge in [-0.1, -0.05) is 18.2 Å². The van der Waals surface area contributed by atoms with Crippen molar-refractivity contribution in [2.75, 3.05) is 6.61 Å². The Hall–Kier alpha value is -1.87. The molecule has 2 aromatic rings. The maximum absolute atomic E-state index is 10.7. The molecule has 0 bridgehead atoms. The van der Waals surface area contributed by atoms with E-state index >= 15 is 0 Å². The summed E-state index contributed by atoms with van der Waals surface area (Å²) in [5, 5.41) is 10.7. The van der Waals surface area contributed by atoms with Gasteiger partial charge in [0.2, 0.25) is 0 Å². The summed E-state index contributed by atoms with van der Waals surface area (Å²) in [4.78, 5) is 4.45. The lowest BCUT2D eigenvalue weighted by Gasteiger charge is -2.19. The normalized spacial score (nSPS) is 18.6. The van der Waals surface area contributed by atoms with Crippen molar-refractivity contribution in [3.05, 3.63) is 59.4 Å². The number of aromatic nitrogens is 1. The number of pyridine rings is 1. The van der Waals surface area contributed by atoms with E-state index in [0.29, 0.717) is 6.61 Å². The van der Waals surface area contributed by atoms with Gasteiger partial charge in [-0.15, -0.1) is 0 Å². The Morgan fingerprint density at radius 1 is 1.35 bits per heavy atom. The van der Waals surface area contributed by atoms with Crippen LogP contribution in [0.3, 0.4) is 0 Å². The summed E-state index contributed by atoms with van der Waals surface area (Å²) in [5.74, 6) is 0.895. The lowest BCUT2D eigenvalue weighted by Crippen LogP contribution is -2.09. The molecule has 1 aromatic carbocycles. The molecule has 0 aliphatic heterocycles. The van der Waals surface area contributed by atoms with Crippen molar-refractivity contribution in [3.8, 4) is 5.75 Å². The Morgan fingerprint density at radius 3 is 3.10 bits per heavy atom. The lowest BCUT2D eigenvalue weighted by molar-refractivity contribution is 0.143. The minimum Gasteiger partial charge on any atom is -0.494 e. The minimum atomic E-state index is -0.522. The van der Waals surface area contributed by atoms with Crippen LogP contribution >= 0.6 is 0 Å². The van der Waals surface area contributed by atoms with Gasteiger partial charge in [-0.3, -0.25) is 4.98 Å². The van der Waals surface area contributed by atoms with Gasteiger partial charge in [0.05, 0.1) is 12.7 Å². The zero-order chi connectivity index (χ0) is 13.9. The molecule has 0 saturated carbocycles. The van der Waals surface area contributed by atoms with Crippen molar-refractivity contribution in [3.63, 3.8) is 0 Å². The SMILES string of the molecule is CCOc1cccc(C(O)C2CCc3cccnc32)c1. The maximum atomic E-state index is 10.7. The van der Waals surface area contributed by atoms with Gasteiger partial charge in [0, 0.05) is 17.8 Å².